The molecule has 33 heavy (non-hydrogen) atoms. The van der Waals surface area contributed by atoms with Gasteiger partial charge in [0.05, 0.1) is 30.0 Å². The normalized spacial score (nSPS) is 15.7. The number of carbonyl (C=O) groups is 2. The number of hydrogen-bond donors (Lipinski definition) is 1. The molecular weight excluding hydrogens is 416 g/mol. The molecule has 0 unspecified atom stereocenters. The molecule has 0 spiro atoms. The monoisotopic (exact) mass is 444 g/mol. The van der Waals surface area contributed by atoms with Gasteiger partial charge in [-0.2, -0.15) is 0 Å². The number of ether oxygens (including phenoxy) is 1. The first-order valence-corrected chi connectivity index (χ1v) is 11.2. The Balaban J connectivity index is 1.53. The van der Waals surface area contributed by atoms with Gasteiger partial charge in [-0.05, 0) is 43.9 Å². The standard InChI is InChI=1S/C26H28N4O3/c1-18-21(25(31)28-16-19-10-4-3-5-11-19)17-27-24(29-18)22-13-8-9-15-30(22)26(32)20-12-6-7-14-23(20)33-2/h3-7,10-12,14,17,22H,8-9,13,15-16H2,1-2H3,(H,28,31)/t22-/m1/s1. The first kappa shape index (κ1) is 22.5. The maximum Gasteiger partial charge on any atom is 0.258 e. The van der Waals surface area contributed by atoms with Crippen LogP contribution >= 0.6 is 0 Å². The van der Waals surface area contributed by atoms with Crippen LogP contribution in [0.25, 0.3) is 0 Å². The van der Waals surface area contributed by atoms with Crippen LogP contribution < -0.4 is 10.1 Å². The largest absolute Gasteiger partial charge is 0.496 e. The third kappa shape index (κ3) is 5.03. The number of rotatable bonds is 6. The molecule has 2 amide bonds. The van der Waals surface area contributed by atoms with Gasteiger partial charge in [-0.15, -0.1) is 0 Å². The summed E-state index contributed by atoms with van der Waals surface area (Å²) in [5.74, 6) is 0.806. The van der Waals surface area contributed by atoms with Crippen LogP contribution in [-0.4, -0.2) is 40.3 Å². The van der Waals surface area contributed by atoms with Gasteiger partial charge in [0.1, 0.15) is 5.75 Å². The first-order chi connectivity index (χ1) is 16.1. The SMILES string of the molecule is COc1ccccc1C(=O)N1CCCC[C@@H]1c1ncc(C(=O)NCc2ccccc2)c(C)n1. The Kier molecular flexibility index (Phi) is 6.98. The number of para-hydroxylation sites is 1. The molecule has 2 heterocycles. The molecule has 1 saturated heterocycles. The number of nitrogens with one attached hydrogen (secondary N) is 1. The van der Waals surface area contributed by atoms with E-state index in [1.54, 1.807) is 32.4 Å². The first-order valence-electron chi connectivity index (χ1n) is 11.2. The highest BCUT2D eigenvalue weighted by Gasteiger charge is 2.32. The van der Waals surface area contributed by atoms with E-state index in [9.17, 15) is 9.59 Å². The van der Waals surface area contributed by atoms with E-state index in [0.29, 0.717) is 41.5 Å². The van der Waals surface area contributed by atoms with Crippen molar-refractivity contribution in [2.75, 3.05) is 13.7 Å². The Morgan fingerprint density at radius 1 is 1.06 bits per heavy atom. The molecule has 170 valence electrons. The summed E-state index contributed by atoms with van der Waals surface area (Å²) < 4.78 is 5.39. The van der Waals surface area contributed by atoms with Gasteiger partial charge < -0.3 is 15.0 Å². The lowest BCUT2D eigenvalue weighted by Crippen LogP contribution is -2.39. The predicted molar refractivity (Wildman–Crippen MR) is 125 cm³/mol. The number of amides is 2. The molecule has 1 N–H and O–H groups in total. The summed E-state index contributed by atoms with van der Waals surface area (Å²) >= 11 is 0. The molecule has 0 bridgehead atoms. The molecule has 0 saturated carbocycles. The Bertz CT molecular complexity index is 1130. The van der Waals surface area contributed by atoms with Crippen LogP contribution in [0.5, 0.6) is 5.75 Å². The van der Waals surface area contributed by atoms with Gasteiger partial charge in [-0.25, -0.2) is 9.97 Å². The molecule has 1 fully saturated rings. The van der Waals surface area contributed by atoms with E-state index in [1.165, 1.54) is 0 Å². The van der Waals surface area contributed by atoms with Crippen molar-refractivity contribution in [2.45, 2.75) is 38.8 Å². The third-order valence-electron chi connectivity index (χ3n) is 5.94. The van der Waals surface area contributed by atoms with Gasteiger partial charge in [0.15, 0.2) is 5.82 Å². The second-order valence-electron chi connectivity index (χ2n) is 8.11. The lowest BCUT2D eigenvalue weighted by atomic mass is 9.99. The van der Waals surface area contributed by atoms with E-state index >= 15 is 0 Å². The fourth-order valence-electron chi connectivity index (χ4n) is 4.16. The molecular formula is C26H28N4O3. The minimum absolute atomic E-state index is 0.0944. The van der Waals surface area contributed by atoms with E-state index in [1.807, 2.05) is 47.4 Å². The molecule has 7 heteroatoms. The zero-order chi connectivity index (χ0) is 23.2. The molecule has 1 aliphatic heterocycles. The van der Waals surface area contributed by atoms with Crippen molar-refractivity contribution in [3.63, 3.8) is 0 Å². The molecule has 0 aliphatic carbocycles. The number of aryl methyl sites for hydroxylation is 1. The zero-order valence-corrected chi connectivity index (χ0v) is 19.0. The highest BCUT2D eigenvalue weighted by molar-refractivity contribution is 5.97. The highest BCUT2D eigenvalue weighted by Crippen LogP contribution is 2.32. The van der Waals surface area contributed by atoms with Crippen LogP contribution in [0.4, 0.5) is 0 Å². The lowest BCUT2D eigenvalue weighted by molar-refractivity contribution is 0.0595. The van der Waals surface area contributed by atoms with Crippen LogP contribution in [-0.2, 0) is 6.54 Å². The van der Waals surface area contributed by atoms with E-state index in [4.69, 9.17) is 4.74 Å². The molecule has 1 aliphatic rings. The summed E-state index contributed by atoms with van der Waals surface area (Å²) in [6, 6.07) is 16.7. The van der Waals surface area contributed by atoms with Crippen molar-refractivity contribution >= 4 is 11.8 Å². The topological polar surface area (TPSA) is 84.4 Å². The molecule has 3 aromatic rings. The third-order valence-corrected chi connectivity index (χ3v) is 5.94. The Labute approximate surface area is 193 Å². The van der Waals surface area contributed by atoms with Crippen LogP contribution in [0, 0.1) is 6.92 Å². The van der Waals surface area contributed by atoms with Gasteiger partial charge in [-0.3, -0.25) is 9.59 Å². The molecule has 2 aromatic carbocycles. The van der Waals surface area contributed by atoms with Gasteiger partial charge in [-0.1, -0.05) is 42.5 Å². The zero-order valence-electron chi connectivity index (χ0n) is 19.0. The number of carbonyl (C=O) groups excluding carboxylic acids is 2. The number of methoxy groups -OCH3 is 1. The maximum absolute atomic E-state index is 13.4. The number of piperidine rings is 1. The van der Waals surface area contributed by atoms with Crippen molar-refractivity contribution < 1.29 is 14.3 Å². The number of likely N-dealkylation sites (tertiary alicyclic amines) is 1. The van der Waals surface area contributed by atoms with Crippen molar-refractivity contribution in [2.24, 2.45) is 0 Å². The van der Waals surface area contributed by atoms with Gasteiger partial charge >= 0.3 is 0 Å². The smallest absolute Gasteiger partial charge is 0.258 e. The molecule has 1 atom stereocenters. The minimum atomic E-state index is -0.240. The fourth-order valence-corrected chi connectivity index (χ4v) is 4.16. The quantitative estimate of drug-likeness (QED) is 0.619. The number of benzene rings is 2. The van der Waals surface area contributed by atoms with E-state index in [0.717, 1.165) is 24.8 Å². The van der Waals surface area contributed by atoms with Crippen molar-refractivity contribution in [3.8, 4) is 5.75 Å². The van der Waals surface area contributed by atoms with E-state index < -0.39 is 0 Å². The summed E-state index contributed by atoms with van der Waals surface area (Å²) in [4.78, 5) is 37.0. The van der Waals surface area contributed by atoms with Gasteiger partial charge in [0.25, 0.3) is 11.8 Å². The second kappa shape index (κ2) is 10.3. The van der Waals surface area contributed by atoms with Crippen LogP contribution in [0.3, 0.4) is 0 Å². The molecule has 7 nitrogen and oxygen atoms in total. The average Bonchev–Trinajstić information content (AvgIpc) is 2.87. The second-order valence-corrected chi connectivity index (χ2v) is 8.11. The molecule has 0 radical (unpaired) electrons. The Hall–Kier alpha value is -3.74. The Morgan fingerprint density at radius 2 is 1.82 bits per heavy atom. The van der Waals surface area contributed by atoms with E-state index in [2.05, 4.69) is 15.3 Å². The Morgan fingerprint density at radius 3 is 2.58 bits per heavy atom. The van der Waals surface area contributed by atoms with Gasteiger partial charge in [0, 0.05) is 19.3 Å². The highest BCUT2D eigenvalue weighted by atomic mass is 16.5. The number of hydrogen-bond acceptors (Lipinski definition) is 5. The van der Waals surface area contributed by atoms with Crippen molar-refractivity contribution in [3.05, 3.63) is 89.0 Å². The maximum atomic E-state index is 13.4. The number of nitrogens with zero attached hydrogens (tertiary/aromatic N) is 3. The van der Waals surface area contributed by atoms with Crippen LogP contribution in [0.1, 0.15) is 63.1 Å². The van der Waals surface area contributed by atoms with Crippen molar-refractivity contribution in [1.29, 1.82) is 0 Å². The summed E-state index contributed by atoms with van der Waals surface area (Å²) in [5, 5.41) is 2.92. The van der Waals surface area contributed by atoms with E-state index in [-0.39, 0.29) is 17.9 Å². The summed E-state index contributed by atoms with van der Waals surface area (Å²) in [6.07, 6.45) is 4.26. The number of aromatic nitrogens is 2. The van der Waals surface area contributed by atoms with Crippen LogP contribution in [0.15, 0.2) is 60.8 Å². The summed E-state index contributed by atoms with van der Waals surface area (Å²) in [7, 11) is 1.56. The van der Waals surface area contributed by atoms with Crippen molar-refractivity contribution in [1.82, 2.24) is 20.2 Å². The minimum Gasteiger partial charge on any atom is -0.496 e. The molecule has 1 aromatic heterocycles. The van der Waals surface area contributed by atoms with Gasteiger partial charge in [0.2, 0.25) is 0 Å². The fraction of sp³-hybridized carbons (Fsp3) is 0.308. The summed E-state index contributed by atoms with van der Waals surface area (Å²) in [5.41, 5.74) is 2.59. The van der Waals surface area contributed by atoms with Crippen LogP contribution in [0.2, 0.25) is 0 Å². The average molecular weight is 445 g/mol. The predicted octanol–water partition coefficient (Wildman–Crippen LogP) is 4.09. The molecule has 4 rings (SSSR count). The summed E-state index contributed by atoms with van der Waals surface area (Å²) in [6.45, 7) is 2.87. The lowest BCUT2D eigenvalue weighted by Gasteiger charge is -2.35.